The van der Waals surface area contributed by atoms with Crippen LogP contribution in [0.5, 0.6) is 5.75 Å². The first-order chi connectivity index (χ1) is 16.6. The van der Waals surface area contributed by atoms with Crippen molar-refractivity contribution in [1.82, 2.24) is 0 Å². The van der Waals surface area contributed by atoms with E-state index < -0.39 is 28.4 Å². The number of methoxy groups -OCH3 is 2. The van der Waals surface area contributed by atoms with Crippen LogP contribution in [0.15, 0.2) is 65.6 Å². The van der Waals surface area contributed by atoms with E-state index in [4.69, 9.17) is 27.9 Å². The molecule has 0 heterocycles. The van der Waals surface area contributed by atoms with Crippen LogP contribution >= 0.6 is 23.2 Å². The maximum Gasteiger partial charge on any atom is 0.337 e. The number of benzene rings is 3. The van der Waals surface area contributed by atoms with Crippen LogP contribution in [0.25, 0.3) is 0 Å². The molecule has 0 unspecified atom stereocenters. The third-order valence-electron chi connectivity index (χ3n) is 4.97. The summed E-state index contributed by atoms with van der Waals surface area (Å²) >= 11 is 12.3. The lowest BCUT2D eigenvalue weighted by Gasteiger charge is -2.26. The van der Waals surface area contributed by atoms with E-state index in [0.717, 1.165) is 9.87 Å². The van der Waals surface area contributed by atoms with Crippen LogP contribution < -0.4 is 14.4 Å². The van der Waals surface area contributed by atoms with E-state index in [1.54, 1.807) is 18.2 Å². The molecule has 0 atom stereocenters. The highest BCUT2D eigenvalue weighted by atomic mass is 35.5. The molecule has 0 aliphatic heterocycles. The molecule has 0 radical (unpaired) electrons. The van der Waals surface area contributed by atoms with Gasteiger partial charge in [0, 0.05) is 5.02 Å². The third kappa shape index (κ3) is 6.05. The van der Waals surface area contributed by atoms with Gasteiger partial charge in [0.05, 0.1) is 41.1 Å². The molecule has 35 heavy (non-hydrogen) atoms. The summed E-state index contributed by atoms with van der Waals surface area (Å²) in [6, 6.07) is 14.8. The minimum atomic E-state index is -4.22. The van der Waals surface area contributed by atoms with Crippen molar-refractivity contribution in [3.8, 4) is 5.75 Å². The molecule has 0 bridgehead atoms. The second-order valence-electron chi connectivity index (χ2n) is 7.38. The molecule has 3 aromatic carbocycles. The molecule has 0 fully saturated rings. The predicted molar refractivity (Wildman–Crippen MR) is 135 cm³/mol. The van der Waals surface area contributed by atoms with Gasteiger partial charge in [0.2, 0.25) is 5.91 Å². The topological polar surface area (TPSA) is 102 Å². The highest BCUT2D eigenvalue weighted by Crippen LogP contribution is 2.35. The SMILES string of the molecule is COC(=O)c1ccc(Cl)c(NC(=O)CN(c2cc(Cl)ccc2OC)S(=O)(=O)c2ccc(C)cc2)c1. The van der Waals surface area contributed by atoms with Crippen LogP contribution in [0, 0.1) is 6.92 Å². The van der Waals surface area contributed by atoms with E-state index in [9.17, 15) is 18.0 Å². The van der Waals surface area contributed by atoms with Crippen molar-refractivity contribution in [3.05, 3.63) is 81.8 Å². The summed E-state index contributed by atoms with van der Waals surface area (Å²) in [6.07, 6.45) is 0. The van der Waals surface area contributed by atoms with Crippen molar-refractivity contribution in [3.63, 3.8) is 0 Å². The lowest BCUT2D eigenvalue weighted by atomic mass is 10.2. The Morgan fingerprint density at radius 2 is 1.66 bits per heavy atom. The largest absolute Gasteiger partial charge is 0.495 e. The Balaban J connectivity index is 2.03. The molecular formula is C24H22Cl2N2O6S. The number of nitrogens with one attached hydrogen (secondary N) is 1. The van der Waals surface area contributed by atoms with Crippen molar-refractivity contribution in [2.45, 2.75) is 11.8 Å². The number of anilines is 2. The number of carbonyl (C=O) groups is 2. The van der Waals surface area contributed by atoms with Gasteiger partial charge < -0.3 is 14.8 Å². The number of sulfonamides is 1. The fourth-order valence-electron chi connectivity index (χ4n) is 3.18. The zero-order valence-corrected chi connectivity index (χ0v) is 21.4. The van der Waals surface area contributed by atoms with Crippen molar-refractivity contribution in [2.75, 3.05) is 30.4 Å². The van der Waals surface area contributed by atoms with Crippen LogP contribution in [0.3, 0.4) is 0 Å². The molecule has 0 aromatic heterocycles. The highest BCUT2D eigenvalue weighted by molar-refractivity contribution is 7.92. The molecule has 0 aliphatic rings. The number of hydrogen-bond acceptors (Lipinski definition) is 6. The van der Waals surface area contributed by atoms with Crippen molar-refractivity contribution >= 4 is 56.5 Å². The molecule has 1 amide bonds. The summed E-state index contributed by atoms with van der Waals surface area (Å²) in [5.74, 6) is -1.14. The van der Waals surface area contributed by atoms with E-state index in [1.165, 1.54) is 56.7 Å². The van der Waals surface area contributed by atoms with Crippen LogP contribution in [0.2, 0.25) is 10.0 Å². The van der Waals surface area contributed by atoms with Gasteiger partial charge in [0.25, 0.3) is 10.0 Å². The minimum Gasteiger partial charge on any atom is -0.495 e. The molecule has 1 N–H and O–H groups in total. The van der Waals surface area contributed by atoms with Crippen LogP contribution in [0.4, 0.5) is 11.4 Å². The van der Waals surface area contributed by atoms with Gasteiger partial charge in [-0.25, -0.2) is 13.2 Å². The second kappa shape index (κ2) is 11.0. The Labute approximate surface area is 213 Å². The van der Waals surface area contributed by atoms with Gasteiger partial charge in [-0.05, 0) is 55.5 Å². The van der Waals surface area contributed by atoms with Crippen molar-refractivity contribution in [2.24, 2.45) is 0 Å². The van der Waals surface area contributed by atoms with Crippen molar-refractivity contribution < 1.29 is 27.5 Å². The first kappa shape index (κ1) is 26.3. The van der Waals surface area contributed by atoms with Gasteiger partial charge in [-0.1, -0.05) is 40.9 Å². The van der Waals surface area contributed by atoms with Crippen LogP contribution in [-0.2, 0) is 19.6 Å². The first-order valence-corrected chi connectivity index (χ1v) is 12.4. The first-order valence-electron chi connectivity index (χ1n) is 10.2. The Bertz CT molecular complexity index is 1360. The quantitative estimate of drug-likeness (QED) is 0.409. The number of carbonyl (C=O) groups excluding carboxylic acids is 2. The summed E-state index contributed by atoms with van der Waals surface area (Å²) < 4.78 is 38.2. The average Bonchev–Trinajstić information content (AvgIpc) is 2.83. The van der Waals surface area contributed by atoms with E-state index in [-0.39, 0.29) is 37.6 Å². The second-order valence-corrected chi connectivity index (χ2v) is 10.1. The number of halogens is 2. The van der Waals surface area contributed by atoms with E-state index in [0.29, 0.717) is 0 Å². The van der Waals surface area contributed by atoms with Crippen LogP contribution in [-0.4, -0.2) is 41.1 Å². The zero-order valence-electron chi connectivity index (χ0n) is 19.0. The van der Waals surface area contributed by atoms with Gasteiger partial charge in [-0.3, -0.25) is 9.10 Å². The van der Waals surface area contributed by atoms with Crippen LogP contribution in [0.1, 0.15) is 15.9 Å². The average molecular weight is 537 g/mol. The van der Waals surface area contributed by atoms with Gasteiger partial charge in [0.1, 0.15) is 12.3 Å². The fourth-order valence-corrected chi connectivity index (χ4v) is 4.94. The highest BCUT2D eigenvalue weighted by Gasteiger charge is 2.30. The summed E-state index contributed by atoms with van der Waals surface area (Å²) in [6.45, 7) is 1.19. The fraction of sp³-hybridized carbons (Fsp3) is 0.167. The summed E-state index contributed by atoms with van der Waals surface area (Å²) in [5, 5.41) is 2.96. The number of nitrogens with zero attached hydrogens (tertiary/aromatic N) is 1. The molecule has 0 spiro atoms. The molecule has 0 saturated carbocycles. The number of ether oxygens (including phenoxy) is 2. The molecule has 0 aliphatic carbocycles. The summed E-state index contributed by atoms with van der Waals surface area (Å²) in [4.78, 5) is 24.9. The predicted octanol–water partition coefficient (Wildman–Crippen LogP) is 4.93. The maximum atomic E-state index is 13.6. The van der Waals surface area contributed by atoms with Gasteiger partial charge in [-0.15, -0.1) is 0 Å². The monoisotopic (exact) mass is 536 g/mol. The van der Waals surface area contributed by atoms with Gasteiger partial charge >= 0.3 is 5.97 Å². The number of aryl methyl sites for hydroxylation is 1. The number of esters is 1. The minimum absolute atomic E-state index is 0.0244. The molecule has 11 heteroatoms. The van der Waals surface area contributed by atoms with Gasteiger partial charge in [-0.2, -0.15) is 0 Å². The smallest absolute Gasteiger partial charge is 0.337 e. The Morgan fingerprint density at radius 1 is 0.971 bits per heavy atom. The van der Waals surface area contributed by atoms with Gasteiger partial charge in [0.15, 0.2) is 0 Å². The zero-order chi connectivity index (χ0) is 25.8. The maximum absolute atomic E-state index is 13.6. The summed E-state index contributed by atoms with van der Waals surface area (Å²) in [7, 11) is -1.62. The Kier molecular flexibility index (Phi) is 8.26. The molecule has 184 valence electrons. The van der Waals surface area contributed by atoms with E-state index >= 15 is 0 Å². The van der Waals surface area contributed by atoms with E-state index in [2.05, 4.69) is 10.1 Å². The molecule has 0 saturated heterocycles. The lowest BCUT2D eigenvalue weighted by Crippen LogP contribution is -2.38. The number of rotatable bonds is 8. The number of hydrogen-bond donors (Lipinski definition) is 1. The normalized spacial score (nSPS) is 11.0. The lowest BCUT2D eigenvalue weighted by molar-refractivity contribution is -0.114. The van der Waals surface area contributed by atoms with Crippen molar-refractivity contribution in [1.29, 1.82) is 0 Å². The third-order valence-corrected chi connectivity index (χ3v) is 7.31. The molecule has 3 aromatic rings. The molecule has 3 rings (SSSR count). The number of amides is 1. The molecular weight excluding hydrogens is 515 g/mol. The standard InChI is InChI=1S/C24H22Cl2N2O6S/c1-15-4-8-18(9-5-15)35(31,32)28(21-13-17(25)7-11-22(21)33-2)14-23(29)27-20-12-16(24(30)34-3)6-10-19(20)26/h4-13H,14H2,1-3H3,(H,27,29). The van der Waals surface area contributed by atoms with E-state index in [1.807, 2.05) is 6.92 Å². The Morgan fingerprint density at radius 3 is 2.29 bits per heavy atom. The summed E-state index contributed by atoms with van der Waals surface area (Å²) in [5.41, 5.74) is 1.22. The molecule has 8 nitrogen and oxygen atoms in total. The Hall–Kier alpha value is -3.27.